The van der Waals surface area contributed by atoms with Crippen LogP contribution in [0.5, 0.6) is 5.75 Å². The number of thiazole rings is 1. The van der Waals surface area contributed by atoms with Crippen molar-refractivity contribution in [2.24, 2.45) is 0 Å². The minimum atomic E-state index is 0.318. The number of methoxy groups -OCH3 is 1. The summed E-state index contributed by atoms with van der Waals surface area (Å²) in [5.74, 6) is 0.866. The van der Waals surface area contributed by atoms with E-state index in [0.29, 0.717) is 6.04 Å². The Morgan fingerprint density at radius 1 is 1.07 bits per heavy atom. The van der Waals surface area contributed by atoms with E-state index in [4.69, 9.17) is 14.7 Å². The van der Waals surface area contributed by atoms with Gasteiger partial charge in [-0.15, -0.1) is 11.3 Å². The highest BCUT2D eigenvalue weighted by molar-refractivity contribution is 7.18. The summed E-state index contributed by atoms with van der Waals surface area (Å²) in [5, 5.41) is 2.35. The molecule has 0 saturated carbocycles. The SMILES string of the molecule is COc1ccc2nc(C)cc(N3CCC[C@@H]3c3nc4ccccc4s3)c2c1. The largest absolute Gasteiger partial charge is 0.497 e. The predicted molar refractivity (Wildman–Crippen MR) is 112 cm³/mol. The molecule has 136 valence electrons. The Bertz CT molecular complexity index is 1100. The third-order valence-electron chi connectivity index (χ3n) is 5.28. The summed E-state index contributed by atoms with van der Waals surface area (Å²) >= 11 is 1.82. The van der Waals surface area contributed by atoms with E-state index < -0.39 is 0 Å². The van der Waals surface area contributed by atoms with Crippen molar-refractivity contribution in [2.45, 2.75) is 25.8 Å². The van der Waals surface area contributed by atoms with E-state index in [0.717, 1.165) is 40.8 Å². The van der Waals surface area contributed by atoms with Crippen LogP contribution >= 0.6 is 11.3 Å². The van der Waals surface area contributed by atoms with E-state index in [9.17, 15) is 0 Å². The van der Waals surface area contributed by atoms with Crippen molar-refractivity contribution < 1.29 is 4.74 Å². The minimum Gasteiger partial charge on any atom is -0.497 e. The van der Waals surface area contributed by atoms with Crippen LogP contribution in [-0.4, -0.2) is 23.6 Å². The fourth-order valence-corrected chi connectivity index (χ4v) is 5.14. The lowest BCUT2D eigenvalue weighted by molar-refractivity contribution is 0.415. The molecule has 5 rings (SSSR count). The van der Waals surface area contributed by atoms with Gasteiger partial charge in [0.25, 0.3) is 0 Å². The lowest BCUT2D eigenvalue weighted by atomic mass is 10.1. The van der Waals surface area contributed by atoms with Gasteiger partial charge in [0.15, 0.2) is 0 Å². The monoisotopic (exact) mass is 375 g/mol. The highest BCUT2D eigenvalue weighted by Gasteiger charge is 2.30. The van der Waals surface area contributed by atoms with E-state index >= 15 is 0 Å². The molecule has 0 N–H and O–H groups in total. The van der Waals surface area contributed by atoms with Gasteiger partial charge < -0.3 is 9.64 Å². The number of benzene rings is 2. The maximum absolute atomic E-state index is 5.46. The molecule has 2 aromatic carbocycles. The molecule has 0 amide bonds. The van der Waals surface area contributed by atoms with Gasteiger partial charge in [-0.3, -0.25) is 4.98 Å². The number of pyridine rings is 1. The summed E-state index contributed by atoms with van der Waals surface area (Å²) in [6.07, 6.45) is 2.31. The lowest BCUT2D eigenvalue weighted by Crippen LogP contribution is -2.23. The summed E-state index contributed by atoms with van der Waals surface area (Å²) in [7, 11) is 1.71. The molecule has 2 aromatic heterocycles. The Morgan fingerprint density at radius 2 is 1.96 bits per heavy atom. The van der Waals surface area contributed by atoms with Crippen molar-refractivity contribution in [3.8, 4) is 5.75 Å². The number of ether oxygens (including phenoxy) is 1. The van der Waals surface area contributed by atoms with Crippen molar-refractivity contribution in [1.29, 1.82) is 0 Å². The second-order valence-electron chi connectivity index (χ2n) is 7.04. The number of hydrogen-bond acceptors (Lipinski definition) is 5. The average molecular weight is 375 g/mol. The van der Waals surface area contributed by atoms with Gasteiger partial charge in [0.1, 0.15) is 10.8 Å². The summed E-state index contributed by atoms with van der Waals surface area (Å²) in [6, 6.07) is 17.1. The van der Waals surface area contributed by atoms with Gasteiger partial charge in [0.05, 0.1) is 28.9 Å². The zero-order chi connectivity index (χ0) is 18.4. The molecule has 0 unspecified atom stereocenters. The summed E-state index contributed by atoms with van der Waals surface area (Å²) in [5.41, 5.74) is 4.39. The van der Waals surface area contributed by atoms with Gasteiger partial charge in [-0.05, 0) is 56.2 Å². The molecule has 5 heteroatoms. The van der Waals surface area contributed by atoms with Crippen LogP contribution < -0.4 is 9.64 Å². The van der Waals surface area contributed by atoms with E-state index in [-0.39, 0.29) is 0 Å². The normalized spacial score (nSPS) is 17.1. The number of fused-ring (bicyclic) bond motifs is 2. The molecule has 0 spiro atoms. The Hall–Kier alpha value is -2.66. The molecule has 1 aliphatic heterocycles. The number of rotatable bonds is 3. The van der Waals surface area contributed by atoms with Crippen LogP contribution in [-0.2, 0) is 0 Å². The first-order valence-electron chi connectivity index (χ1n) is 9.30. The number of nitrogens with zero attached hydrogens (tertiary/aromatic N) is 3. The molecule has 0 aliphatic carbocycles. The van der Waals surface area contributed by atoms with Crippen molar-refractivity contribution in [2.75, 3.05) is 18.6 Å². The Morgan fingerprint density at radius 3 is 2.81 bits per heavy atom. The fraction of sp³-hybridized carbons (Fsp3) is 0.273. The first-order chi connectivity index (χ1) is 13.2. The molecule has 1 fully saturated rings. The topological polar surface area (TPSA) is 38.2 Å². The number of aromatic nitrogens is 2. The van der Waals surface area contributed by atoms with E-state index in [2.05, 4.69) is 48.2 Å². The van der Waals surface area contributed by atoms with E-state index in [1.807, 2.05) is 23.5 Å². The molecule has 27 heavy (non-hydrogen) atoms. The van der Waals surface area contributed by atoms with Crippen molar-refractivity contribution in [1.82, 2.24) is 9.97 Å². The van der Waals surface area contributed by atoms with Crippen molar-refractivity contribution >= 4 is 38.1 Å². The van der Waals surface area contributed by atoms with Gasteiger partial charge in [0.2, 0.25) is 0 Å². The maximum atomic E-state index is 5.46. The van der Waals surface area contributed by atoms with Gasteiger partial charge in [-0.2, -0.15) is 0 Å². The average Bonchev–Trinajstić information content (AvgIpc) is 3.33. The van der Waals surface area contributed by atoms with Crippen molar-refractivity contribution in [3.63, 3.8) is 0 Å². The quantitative estimate of drug-likeness (QED) is 0.474. The molecule has 1 saturated heterocycles. The fourth-order valence-electron chi connectivity index (χ4n) is 4.02. The van der Waals surface area contributed by atoms with Gasteiger partial charge in [-0.25, -0.2) is 4.98 Å². The smallest absolute Gasteiger partial charge is 0.119 e. The lowest BCUT2D eigenvalue weighted by Gasteiger charge is -2.27. The molecular weight excluding hydrogens is 354 g/mol. The predicted octanol–water partition coefficient (Wildman–Crippen LogP) is 5.50. The number of aryl methyl sites for hydroxylation is 1. The number of anilines is 1. The Balaban J connectivity index is 1.64. The minimum absolute atomic E-state index is 0.318. The van der Waals surface area contributed by atoms with Crippen LogP contribution in [0.1, 0.15) is 29.6 Å². The molecule has 0 bridgehead atoms. The number of hydrogen-bond donors (Lipinski definition) is 0. The molecule has 3 heterocycles. The summed E-state index contributed by atoms with van der Waals surface area (Å²) < 4.78 is 6.73. The van der Waals surface area contributed by atoms with Gasteiger partial charge >= 0.3 is 0 Å². The third kappa shape index (κ3) is 2.82. The van der Waals surface area contributed by atoms with Crippen LogP contribution in [0.25, 0.3) is 21.1 Å². The van der Waals surface area contributed by atoms with E-state index in [1.165, 1.54) is 21.8 Å². The van der Waals surface area contributed by atoms with E-state index in [1.54, 1.807) is 7.11 Å². The Labute approximate surface area is 162 Å². The maximum Gasteiger partial charge on any atom is 0.119 e. The second-order valence-corrected chi connectivity index (χ2v) is 8.10. The first-order valence-corrected chi connectivity index (χ1v) is 10.1. The molecule has 4 nitrogen and oxygen atoms in total. The summed E-state index contributed by atoms with van der Waals surface area (Å²) in [6.45, 7) is 3.10. The van der Waals surface area contributed by atoms with Gasteiger partial charge in [-0.1, -0.05) is 12.1 Å². The zero-order valence-electron chi connectivity index (χ0n) is 15.5. The van der Waals surface area contributed by atoms with Crippen LogP contribution in [0.4, 0.5) is 5.69 Å². The van der Waals surface area contributed by atoms with Gasteiger partial charge in [0, 0.05) is 23.3 Å². The third-order valence-corrected chi connectivity index (χ3v) is 6.42. The standard InChI is InChI=1S/C22H21N3OS/c1-14-12-20(16-13-15(26-2)9-10-17(16)23-14)25-11-5-7-19(25)22-24-18-6-3-4-8-21(18)27-22/h3-4,6,8-10,12-13,19H,5,7,11H2,1-2H3/t19-/m1/s1. The van der Waals surface area contributed by atoms with Crippen LogP contribution in [0, 0.1) is 6.92 Å². The van der Waals surface area contributed by atoms with Crippen LogP contribution in [0.3, 0.4) is 0 Å². The Kier molecular flexibility index (Phi) is 3.97. The van der Waals surface area contributed by atoms with Crippen molar-refractivity contribution in [3.05, 3.63) is 59.2 Å². The molecule has 1 atom stereocenters. The molecular formula is C22H21N3OS. The molecule has 1 aliphatic rings. The highest BCUT2D eigenvalue weighted by atomic mass is 32.1. The number of para-hydroxylation sites is 1. The first kappa shape index (κ1) is 16.5. The van der Waals surface area contributed by atoms with Crippen LogP contribution in [0.15, 0.2) is 48.5 Å². The zero-order valence-corrected chi connectivity index (χ0v) is 16.3. The van der Waals surface area contributed by atoms with Crippen LogP contribution in [0.2, 0.25) is 0 Å². The highest BCUT2D eigenvalue weighted by Crippen LogP contribution is 2.42. The summed E-state index contributed by atoms with van der Waals surface area (Å²) in [4.78, 5) is 12.2. The molecule has 4 aromatic rings. The molecule has 0 radical (unpaired) electrons. The second kappa shape index (κ2) is 6.50.